The van der Waals surface area contributed by atoms with Crippen LogP contribution in [0.3, 0.4) is 0 Å². The number of carboxylic acids is 1. The molecule has 0 saturated heterocycles. The Morgan fingerprint density at radius 3 is 2.59 bits per heavy atom. The summed E-state index contributed by atoms with van der Waals surface area (Å²) in [5.74, 6) is -0.312. The van der Waals surface area contributed by atoms with E-state index in [0.717, 1.165) is 16.8 Å². The molecule has 0 bridgehead atoms. The summed E-state index contributed by atoms with van der Waals surface area (Å²) in [6, 6.07) is 24.2. The van der Waals surface area contributed by atoms with Crippen molar-refractivity contribution in [1.29, 1.82) is 5.26 Å². The number of benzene rings is 3. The lowest BCUT2D eigenvalue weighted by atomic mass is 9.90. The van der Waals surface area contributed by atoms with E-state index in [9.17, 15) is 14.9 Å². The highest BCUT2D eigenvalue weighted by Gasteiger charge is 2.39. The summed E-state index contributed by atoms with van der Waals surface area (Å²) in [6.45, 7) is 2.42. The van der Waals surface area contributed by atoms with Gasteiger partial charge in [-0.1, -0.05) is 36.4 Å². The van der Waals surface area contributed by atoms with E-state index in [1.54, 1.807) is 29.2 Å². The van der Waals surface area contributed by atoms with E-state index in [0.29, 0.717) is 36.3 Å². The van der Waals surface area contributed by atoms with Crippen LogP contribution >= 0.6 is 0 Å². The molecule has 3 aromatic rings. The number of hydrogen-bond acceptors (Lipinski definition) is 4. The Balaban J connectivity index is 1.63. The number of hydrogen-bond donors (Lipinski definition) is 1. The molecule has 0 aliphatic carbocycles. The molecule has 0 spiro atoms. The van der Waals surface area contributed by atoms with Crippen molar-refractivity contribution >= 4 is 17.6 Å². The predicted octanol–water partition coefficient (Wildman–Crippen LogP) is 5.52. The Morgan fingerprint density at radius 2 is 1.85 bits per heavy atom. The van der Waals surface area contributed by atoms with Gasteiger partial charge < -0.3 is 14.7 Å². The van der Waals surface area contributed by atoms with Crippen LogP contribution in [0, 0.1) is 11.3 Å². The standard InChI is InChI=1S/C28H26N2O4/c1-19-24(11-6-12-27(31)32)25-16-23(34-18-20-7-3-2-4-8-20)13-14-26(25)30(19)28(33)22-10-5-9-21(15-22)17-29/h2-5,7-10,13-16,19,24H,6,11-12,18H2,1H3,(H,31,32). The van der Waals surface area contributed by atoms with Gasteiger partial charge in [0.2, 0.25) is 0 Å². The molecular formula is C28H26N2O4. The van der Waals surface area contributed by atoms with E-state index in [1.165, 1.54) is 0 Å². The fourth-order valence-corrected chi connectivity index (χ4v) is 4.56. The summed E-state index contributed by atoms with van der Waals surface area (Å²) in [7, 11) is 0. The minimum absolute atomic E-state index is 0.0160. The number of carbonyl (C=O) groups excluding carboxylic acids is 1. The fraction of sp³-hybridized carbons (Fsp3) is 0.250. The summed E-state index contributed by atoms with van der Waals surface area (Å²) in [4.78, 5) is 26.3. The number of amides is 1. The lowest BCUT2D eigenvalue weighted by Crippen LogP contribution is -2.37. The Bertz CT molecular complexity index is 1230. The molecule has 1 aliphatic rings. The number of carbonyl (C=O) groups is 2. The molecule has 3 aromatic carbocycles. The second kappa shape index (κ2) is 10.2. The van der Waals surface area contributed by atoms with Crippen LogP contribution in [0.5, 0.6) is 5.75 Å². The van der Waals surface area contributed by atoms with Gasteiger partial charge in [0.1, 0.15) is 12.4 Å². The number of aliphatic carboxylic acids is 1. The molecule has 0 radical (unpaired) electrons. The van der Waals surface area contributed by atoms with Gasteiger partial charge in [-0.05, 0) is 67.3 Å². The van der Waals surface area contributed by atoms with Crippen molar-refractivity contribution in [3.05, 3.63) is 95.1 Å². The van der Waals surface area contributed by atoms with E-state index in [1.807, 2.05) is 55.5 Å². The van der Waals surface area contributed by atoms with Crippen LogP contribution in [0.25, 0.3) is 0 Å². The fourth-order valence-electron chi connectivity index (χ4n) is 4.56. The van der Waals surface area contributed by atoms with Gasteiger partial charge in [0.05, 0.1) is 11.6 Å². The molecule has 2 unspecified atom stereocenters. The molecule has 34 heavy (non-hydrogen) atoms. The quantitative estimate of drug-likeness (QED) is 0.484. The van der Waals surface area contributed by atoms with Crippen molar-refractivity contribution in [2.45, 2.75) is 44.8 Å². The van der Waals surface area contributed by atoms with Gasteiger partial charge in [0, 0.05) is 29.6 Å². The van der Waals surface area contributed by atoms with Crippen LogP contribution in [-0.2, 0) is 11.4 Å². The number of anilines is 1. The molecule has 0 aromatic heterocycles. The molecule has 4 rings (SSSR count). The van der Waals surface area contributed by atoms with Crippen LogP contribution in [0.2, 0.25) is 0 Å². The van der Waals surface area contributed by atoms with Gasteiger partial charge in [-0.3, -0.25) is 9.59 Å². The number of nitriles is 1. The van der Waals surface area contributed by atoms with Gasteiger partial charge in [0.15, 0.2) is 0 Å². The minimum atomic E-state index is -0.827. The Kier molecular flexibility index (Phi) is 6.93. The maximum Gasteiger partial charge on any atom is 0.303 e. The van der Waals surface area contributed by atoms with Gasteiger partial charge in [-0.2, -0.15) is 5.26 Å². The first-order valence-corrected chi connectivity index (χ1v) is 11.3. The van der Waals surface area contributed by atoms with E-state index in [2.05, 4.69) is 6.07 Å². The lowest BCUT2D eigenvalue weighted by Gasteiger charge is -2.25. The summed E-state index contributed by atoms with van der Waals surface area (Å²) in [6.07, 6.45) is 1.25. The number of nitrogens with zero attached hydrogens (tertiary/aromatic N) is 2. The topological polar surface area (TPSA) is 90.6 Å². The van der Waals surface area contributed by atoms with Gasteiger partial charge in [-0.15, -0.1) is 0 Å². The molecule has 2 atom stereocenters. The highest BCUT2D eigenvalue weighted by Crippen LogP contribution is 2.45. The zero-order chi connectivity index (χ0) is 24.1. The van der Waals surface area contributed by atoms with Crippen molar-refractivity contribution in [3.8, 4) is 11.8 Å². The molecule has 1 aliphatic heterocycles. The number of fused-ring (bicyclic) bond motifs is 1. The maximum absolute atomic E-state index is 13.5. The first-order chi connectivity index (χ1) is 16.5. The molecule has 6 heteroatoms. The highest BCUT2D eigenvalue weighted by atomic mass is 16.5. The zero-order valence-electron chi connectivity index (χ0n) is 19.0. The van der Waals surface area contributed by atoms with E-state index >= 15 is 0 Å². The van der Waals surface area contributed by atoms with E-state index in [4.69, 9.17) is 9.84 Å². The predicted molar refractivity (Wildman–Crippen MR) is 129 cm³/mol. The molecule has 172 valence electrons. The normalized spacial score (nSPS) is 16.5. The third kappa shape index (κ3) is 4.94. The summed E-state index contributed by atoms with van der Waals surface area (Å²) in [5, 5.41) is 18.3. The summed E-state index contributed by atoms with van der Waals surface area (Å²) in [5.41, 5.74) is 3.72. The molecule has 1 heterocycles. The third-order valence-electron chi connectivity index (χ3n) is 6.26. The largest absolute Gasteiger partial charge is 0.489 e. The van der Waals surface area contributed by atoms with Gasteiger partial charge >= 0.3 is 5.97 Å². The van der Waals surface area contributed by atoms with Crippen molar-refractivity contribution in [1.82, 2.24) is 0 Å². The number of rotatable bonds is 8. The zero-order valence-corrected chi connectivity index (χ0v) is 19.0. The Labute approximate surface area is 199 Å². The maximum atomic E-state index is 13.5. The highest BCUT2D eigenvalue weighted by molar-refractivity contribution is 6.08. The lowest BCUT2D eigenvalue weighted by molar-refractivity contribution is -0.137. The SMILES string of the molecule is CC1C(CCCC(=O)O)c2cc(OCc3ccccc3)ccc2N1C(=O)c1cccc(C#N)c1. The van der Waals surface area contributed by atoms with Crippen molar-refractivity contribution < 1.29 is 19.4 Å². The summed E-state index contributed by atoms with van der Waals surface area (Å²) >= 11 is 0. The van der Waals surface area contributed by atoms with Gasteiger partial charge in [-0.25, -0.2) is 0 Å². The Hall–Kier alpha value is -4.11. The van der Waals surface area contributed by atoms with Crippen LogP contribution < -0.4 is 9.64 Å². The average Bonchev–Trinajstić information content (AvgIpc) is 3.13. The van der Waals surface area contributed by atoms with E-state index < -0.39 is 5.97 Å². The van der Waals surface area contributed by atoms with Crippen molar-refractivity contribution in [3.63, 3.8) is 0 Å². The van der Waals surface area contributed by atoms with Crippen molar-refractivity contribution in [2.24, 2.45) is 0 Å². The van der Waals surface area contributed by atoms with Crippen LogP contribution in [0.4, 0.5) is 5.69 Å². The molecule has 0 saturated carbocycles. The molecule has 6 nitrogen and oxygen atoms in total. The average molecular weight is 455 g/mol. The third-order valence-corrected chi connectivity index (χ3v) is 6.26. The smallest absolute Gasteiger partial charge is 0.303 e. The second-order valence-corrected chi connectivity index (χ2v) is 8.50. The summed E-state index contributed by atoms with van der Waals surface area (Å²) < 4.78 is 6.02. The minimum Gasteiger partial charge on any atom is -0.489 e. The monoisotopic (exact) mass is 454 g/mol. The number of carboxylic acid groups (broad SMARTS) is 1. The van der Waals surface area contributed by atoms with Gasteiger partial charge in [0.25, 0.3) is 5.91 Å². The van der Waals surface area contributed by atoms with Crippen LogP contribution in [-0.4, -0.2) is 23.0 Å². The molecule has 0 fully saturated rings. The van der Waals surface area contributed by atoms with Crippen LogP contribution in [0.15, 0.2) is 72.8 Å². The molecular weight excluding hydrogens is 428 g/mol. The second-order valence-electron chi connectivity index (χ2n) is 8.50. The molecule has 1 amide bonds. The van der Waals surface area contributed by atoms with E-state index in [-0.39, 0.29) is 24.3 Å². The first-order valence-electron chi connectivity index (χ1n) is 11.3. The Morgan fingerprint density at radius 1 is 1.06 bits per heavy atom. The van der Waals surface area contributed by atoms with Crippen LogP contribution in [0.1, 0.15) is 59.2 Å². The van der Waals surface area contributed by atoms with Crippen molar-refractivity contribution in [2.75, 3.05) is 4.90 Å². The first kappa shape index (κ1) is 23.1. The number of ether oxygens (including phenoxy) is 1. The molecule has 1 N–H and O–H groups in total.